The van der Waals surface area contributed by atoms with Gasteiger partial charge >= 0.3 is 0 Å². The van der Waals surface area contributed by atoms with Gasteiger partial charge in [0, 0.05) is 23.3 Å². The number of hydrogen-bond donors (Lipinski definition) is 2. The summed E-state index contributed by atoms with van der Waals surface area (Å²) in [6.45, 7) is 0.175. The zero-order valence-corrected chi connectivity index (χ0v) is 22.4. The Kier molecular flexibility index (Phi) is 6.32. The van der Waals surface area contributed by atoms with E-state index in [0.29, 0.717) is 24.0 Å². The molecule has 4 aliphatic rings. The van der Waals surface area contributed by atoms with Crippen molar-refractivity contribution >= 4 is 22.6 Å². The molecule has 7 rings (SSSR count). The van der Waals surface area contributed by atoms with Crippen LogP contribution in [0.25, 0.3) is 10.8 Å². The first kappa shape index (κ1) is 25.5. The number of aliphatic hydroxyl groups is 1. The van der Waals surface area contributed by atoms with Crippen LogP contribution in [0.15, 0.2) is 66.7 Å². The number of carbonyl (C=O) groups excluding carboxylic acids is 2. The van der Waals surface area contributed by atoms with E-state index < -0.39 is 35.6 Å². The monoisotopic (exact) mass is 541 g/mol. The maximum Gasteiger partial charge on any atom is 0.233 e. The Hall–Kier alpha value is -3.42. The van der Waals surface area contributed by atoms with Crippen LogP contribution in [0.4, 0.5) is 0 Å². The molecule has 6 atom stereocenters. The average Bonchev–Trinajstić information content (AvgIpc) is 3.46. The fourth-order valence-electron chi connectivity index (χ4n) is 7.89. The van der Waals surface area contributed by atoms with Crippen molar-refractivity contribution in [2.45, 2.75) is 62.9 Å². The molecule has 2 aliphatic carbocycles. The molecule has 40 heavy (non-hydrogen) atoms. The number of phenols is 1. The molecule has 0 radical (unpaired) electrons. The molecule has 0 spiro atoms. The number of amides is 2. The van der Waals surface area contributed by atoms with Crippen LogP contribution >= 0.6 is 0 Å². The highest BCUT2D eigenvalue weighted by Gasteiger charge is 2.67. The van der Waals surface area contributed by atoms with Crippen molar-refractivity contribution in [3.8, 4) is 11.5 Å². The second-order valence-electron chi connectivity index (χ2n) is 11.9. The lowest BCUT2D eigenvalue weighted by Crippen LogP contribution is -2.55. The van der Waals surface area contributed by atoms with Gasteiger partial charge in [-0.05, 0) is 54.8 Å². The first-order valence-electron chi connectivity index (χ1n) is 14.6. The number of fused-ring (bicyclic) bond motifs is 4. The third-order valence-electron chi connectivity index (χ3n) is 9.81. The highest BCUT2D eigenvalue weighted by molar-refractivity contribution is 6.06. The summed E-state index contributed by atoms with van der Waals surface area (Å²) >= 11 is 0. The van der Waals surface area contributed by atoms with Crippen LogP contribution in [0.1, 0.15) is 56.6 Å². The van der Waals surface area contributed by atoms with Crippen molar-refractivity contribution in [3.05, 3.63) is 72.3 Å². The van der Waals surface area contributed by atoms with Crippen molar-refractivity contribution in [3.63, 3.8) is 0 Å². The van der Waals surface area contributed by atoms with Crippen LogP contribution in [0.5, 0.6) is 11.5 Å². The van der Waals surface area contributed by atoms with Crippen LogP contribution in [0, 0.1) is 23.7 Å². The van der Waals surface area contributed by atoms with E-state index in [9.17, 15) is 19.8 Å². The second kappa shape index (κ2) is 9.89. The van der Waals surface area contributed by atoms with Gasteiger partial charge in [-0.1, -0.05) is 67.8 Å². The van der Waals surface area contributed by atoms with Gasteiger partial charge in [0.1, 0.15) is 11.5 Å². The molecule has 2 saturated carbocycles. The third-order valence-corrected chi connectivity index (χ3v) is 9.81. The van der Waals surface area contributed by atoms with E-state index in [2.05, 4.69) is 0 Å². The van der Waals surface area contributed by atoms with Crippen LogP contribution in [-0.2, 0) is 14.3 Å². The summed E-state index contributed by atoms with van der Waals surface area (Å²) in [6.07, 6.45) is 5.14. The summed E-state index contributed by atoms with van der Waals surface area (Å²) in [4.78, 5) is 29.4. The standard InChI is InChI=1S/C33H35NO6/c35-28-16-15-25(23-13-7-8-14-24(23)28)29-18-27-30-26(31(36)34(32(30)37)21-9-3-1-4-10-21)17-20(33(27,38)40-29)19-39-22-11-5-2-6-12-22/h2,5-8,11-16,20-21,26-27,29-30,35,38H,1,3-4,9-10,17-19H2/t20-,26+,27+,29+,30+,33-/m1/s1. The first-order chi connectivity index (χ1) is 19.5. The maximum absolute atomic E-state index is 14.0. The molecule has 208 valence electrons. The van der Waals surface area contributed by atoms with Gasteiger partial charge in [-0.3, -0.25) is 14.5 Å². The first-order valence-corrected chi connectivity index (χ1v) is 14.6. The Bertz CT molecular complexity index is 1440. The van der Waals surface area contributed by atoms with Crippen LogP contribution in [0.2, 0.25) is 0 Å². The van der Waals surface area contributed by atoms with E-state index in [0.717, 1.165) is 43.1 Å². The number of likely N-dealkylation sites (tertiary alicyclic amines) is 1. The third kappa shape index (κ3) is 4.01. The van der Waals surface area contributed by atoms with Crippen molar-refractivity contribution < 1.29 is 29.3 Å². The molecule has 7 heteroatoms. The highest BCUT2D eigenvalue weighted by atomic mass is 16.6. The molecule has 2 aliphatic heterocycles. The average molecular weight is 542 g/mol. The lowest BCUT2D eigenvalue weighted by Gasteiger charge is -2.44. The van der Waals surface area contributed by atoms with Gasteiger partial charge in [-0.15, -0.1) is 0 Å². The Morgan fingerprint density at radius 1 is 0.875 bits per heavy atom. The van der Waals surface area contributed by atoms with E-state index in [1.54, 1.807) is 11.0 Å². The molecule has 2 heterocycles. The van der Waals surface area contributed by atoms with E-state index >= 15 is 0 Å². The summed E-state index contributed by atoms with van der Waals surface area (Å²) in [7, 11) is 0. The fraction of sp³-hybridized carbons (Fsp3) is 0.455. The minimum absolute atomic E-state index is 0.0503. The number of aromatic hydroxyl groups is 1. The van der Waals surface area contributed by atoms with Crippen molar-refractivity contribution in [1.29, 1.82) is 0 Å². The molecular weight excluding hydrogens is 506 g/mol. The van der Waals surface area contributed by atoms with E-state index in [1.165, 1.54) is 0 Å². The van der Waals surface area contributed by atoms with E-state index in [1.807, 2.05) is 60.7 Å². The number of phenolic OH excluding ortho intramolecular Hbond substituents is 1. The molecule has 0 bridgehead atoms. The van der Waals surface area contributed by atoms with Crippen LogP contribution in [0.3, 0.4) is 0 Å². The van der Waals surface area contributed by atoms with Gasteiger partial charge in [0.05, 0.1) is 24.5 Å². The van der Waals surface area contributed by atoms with Crippen molar-refractivity contribution in [2.24, 2.45) is 23.7 Å². The summed E-state index contributed by atoms with van der Waals surface area (Å²) in [5.41, 5.74) is 0.858. The van der Waals surface area contributed by atoms with E-state index in [-0.39, 0.29) is 30.2 Å². The molecule has 2 N–H and O–H groups in total. The molecule has 7 nitrogen and oxygen atoms in total. The molecule has 2 amide bonds. The smallest absolute Gasteiger partial charge is 0.233 e. The van der Waals surface area contributed by atoms with Gasteiger partial charge in [0.2, 0.25) is 11.8 Å². The predicted molar refractivity (Wildman–Crippen MR) is 148 cm³/mol. The number of hydrogen-bond acceptors (Lipinski definition) is 6. The molecular formula is C33H35NO6. The quantitative estimate of drug-likeness (QED) is 0.423. The van der Waals surface area contributed by atoms with Gasteiger partial charge < -0.3 is 19.7 Å². The lowest BCUT2D eigenvalue weighted by molar-refractivity contribution is -0.272. The van der Waals surface area contributed by atoms with Crippen molar-refractivity contribution in [2.75, 3.05) is 6.61 Å². The minimum Gasteiger partial charge on any atom is -0.507 e. The summed E-state index contributed by atoms with van der Waals surface area (Å²) in [5, 5.41) is 24.3. The summed E-state index contributed by atoms with van der Waals surface area (Å²) in [6, 6.07) is 20.5. The molecule has 0 unspecified atom stereocenters. The van der Waals surface area contributed by atoms with Crippen molar-refractivity contribution in [1.82, 2.24) is 4.90 Å². The number of rotatable bonds is 5. The Labute approximate surface area is 233 Å². The number of carbonyl (C=O) groups is 2. The normalized spacial score (nSPS) is 32.3. The largest absolute Gasteiger partial charge is 0.507 e. The molecule has 2 saturated heterocycles. The Morgan fingerprint density at radius 2 is 1.60 bits per heavy atom. The van der Waals surface area contributed by atoms with Crippen LogP contribution < -0.4 is 4.74 Å². The highest BCUT2D eigenvalue weighted by Crippen LogP contribution is 2.59. The fourth-order valence-corrected chi connectivity index (χ4v) is 7.89. The molecule has 0 aromatic heterocycles. The summed E-state index contributed by atoms with van der Waals surface area (Å²) < 4.78 is 12.7. The molecule has 3 aromatic carbocycles. The number of para-hydroxylation sites is 1. The molecule has 4 fully saturated rings. The van der Waals surface area contributed by atoms with Crippen LogP contribution in [-0.4, -0.2) is 45.4 Å². The topological polar surface area (TPSA) is 96.3 Å². The lowest BCUT2D eigenvalue weighted by atomic mass is 9.64. The number of nitrogens with zero attached hydrogens (tertiary/aromatic N) is 1. The minimum atomic E-state index is -1.63. The zero-order chi connectivity index (χ0) is 27.4. The predicted octanol–water partition coefficient (Wildman–Crippen LogP) is 5.34. The number of imide groups is 1. The molecule has 3 aromatic rings. The Balaban J connectivity index is 1.26. The van der Waals surface area contributed by atoms with E-state index in [4.69, 9.17) is 9.47 Å². The zero-order valence-electron chi connectivity index (χ0n) is 22.4. The van der Waals surface area contributed by atoms with Gasteiger partial charge in [-0.2, -0.15) is 0 Å². The Morgan fingerprint density at radius 3 is 2.38 bits per heavy atom. The SMILES string of the molecule is O=C1[C@H]2[C@H](C[C@H](COc3ccccc3)[C@@]3(O)O[C@H](c4ccc(O)c5ccccc45)C[C@@H]23)C(=O)N1C1CCCCC1. The van der Waals surface area contributed by atoms with Gasteiger partial charge in [0.15, 0.2) is 5.79 Å². The van der Waals surface area contributed by atoms with Gasteiger partial charge in [-0.25, -0.2) is 0 Å². The second-order valence-corrected chi connectivity index (χ2v) is 11.9. The van der Waals surface area contributed by atoms with Gasteiger partial charge in [0.25, 0.3) is 0 Å². The number of benzene rings is 3. The maximum atomic E-state index is 14.0. The number of ether oxygens (including phenoxy) is 2. The summed E-state index contributed by atoms with van der Waals surface area (Å²) in [5.74, 6) is -3.13.